The van der Waals surface area contributed by atoms with E-state index in [-0.39, 0.29) is 0 Å². The molecule has 0 aliphatic heterocycles. The minimum atomic E-state index is 1.37. The molecule has 0 spiro atoms. The van der Waals surface area contributed by atoms with E-state index in [2.05, 4.69) is 61.0 Å². The number of hydrogen-bond acceptors (Lipinski definition) is 2. The van der Waals surface area contributed by atoms with Crippen molar-refractivity contribution in [3.05, 3.63) is 48.5 Å². The quantitative estimate of drug-likeness (QED) is 0.449. The number of benzene rings is 3. The fourth-order valence-electron chi connectivity index (χ4n) is 2.49. The van der Waals surface area contributed by atoms with E-state index in [4.69, 9.17) is 0 Å². The van der Waals surface area contributed by atoms with Crippen molar-refractivity contribution in [1.82, 2.24) is 0 Å². The molecule has 0 unspecified atom stereocenters. The van der Waals surface area contributed by atoms with Crippen LogP contribution in [0.5, 0.6) is 0 Å². The van der Waals surface area contributed by atoms with Crippen molar-refractivity contribution in [3.8, 4) is 0 Å². The third-order valence-corrected chi connectivity index (χ3v) is 4.94. The standard InChI is InChI=1S/C16H14S2/c1-17-15-11-7-3-5-9-13(11)16(18-2)14-10-6-4-8-12(14)15/h3-10H,1-2H3. The maximum atomic E-state index is 2.23. The van der Waals surface area contributed by atoms with E-state index in [9.17, 15) is 0 Å². The second-order valence-corrected chi connectivity index (χ2v) is 5.79. The Balaban J connectivity index is 2.61. The molecule has 3 aromatic rings. The molecule has 0 fully saturated rings. The summed E-state index contributed by atoms with van der Waals surface area (Å²) < 4.78 is 0. The van der Waals surface area contributed by atoms with Gasteiger partial charge in [-0.1, -0.05) is 48.5 Å². The first-order valence-corrected chi connectivity index (χ1v) is 8.33. The molecular formula is C16H14S2. The van der Waals surface area contributed by atoms with Crippen LogP contribution in [-0.2, 0) is 0 Å². The van der Waals surface area contributed by atoms with Crippen LogP contribution in [0.4, 0.5) is 0 Å². The zero-order valence-corrected chi connectivity index (χ0v) is 12.1. The van der Waals surface area contributed by atoms with E-state index in [1.54, 1.807) is 0 Å². The molecule has 3 aromatic carbocycles. The van der Waals surface area contributed by atoms with Crippen LogP contribution < -0.4 is 0 Å². The topological polar surface area (TPSA) is 0 Å². The first-order valence-electron chi connectivity index (χ1n) is 5.88. The molecule has 3 rings (SSSR count). The molecule has 0 nitrogen and oxygen atoms in total. The molecule has 0 heterocycles. The molecular weight excluding hydrogens is 256 g/mol. The molecule has 90 valence electrons. The molecule has 0 atom stereocenters. The van der Waals surface area contributed by atoms with Crippen molar-refractivity contribution in [3.63, 3.8) is 0 Å². The molecule has 0 aliphatic rings. The SMILES string of the molecule is CSc1c2ccccc2c(SC)c2ccccc12. The molecule has 2 heteroatoms. The second kappa shape index (κ2) is 4.87. The predicted molar refractivity (Wildman–Crippen MR) is 85.0 cm³/mol. The maximum Gasteiger partial charge on any atom is 0.0227 e. The summed E-state index contributed by atoms with van der Waals surface area (Å²) in [6.45, 7) is 0. The molecule has 0 aliphatic carbocycles. The molecule has 0 radical (unpaired) electrons. The van der Waals surface area contributed by atoms with Gasteiger partial charge in [0.1, 0.15) is 0 Å². The Morgan fingerprint density at radius 3 is 1.06 bits per heavy atom. The van der Waals surface area contributed by atoms with E-state index in [0.717, 1.165) is 0 Å². The summed E-state index contributed by atoms with van der Waals surface area (Å²) in [5.41, 5.74) is 0. The lowest BCUT2D eigenvalue weighted by Gasteiger charge is -2.13. The summed E-state index contributed by atoms with van der Waals surface area (Å²) in [5.74, 6) is 0. The summed E-state index contributed by atoms with van der Waals surface area (Å²) >= 11 is 3.68. The maximum absolute atomic E-state index is 2.23. The van der Waals surface area contributed by atoms with Crippen molar-refractivity contribution in [1.29, 1.82) is 0 Å². The van der Waals surface area contributed by atoms with Gasteiger partial charge in [0, 0.05) is 9.79 Å². The fourth-order valence-corrected chi connectivity index (χ4v) is 4.08. The zero-order chi connectivity index (χ0) is 12.5. The Labute approximate surface area is 116 Å². The average molecular weight is 270 g/mol. The van der Waals surface area contributed by atoms with Crippen LogP contribution >= 0.6 is 23.5 Å². The van der Waals surface area contributed by atoms with Gasteiger partial charge in [-0.15, -0.1) is 23.5 Å². The van der Waals surface area contributed by atoms with Crippen molar-refractivity contribution in [2.45, 2.75) is 9.79 Å². The van der Waals surface area contributed by atoms with Crippen LogP contribution in [-0.4, -0.2) is 12.5 Å². The molecule has 0 saturated heterocycles. The van der Waals surface area contributed by atoms with Crippen molar-refractivity contribution < 1.29 is 0 Å². The minimum absolute atomic E-state index is 1.37. The van der Waals surface area contributed by atoms with Gasteiger partial charge in [0.05, 0.1) is 0 Å². The number of fused-ring (bicyclic) bond motifs is 2. The summed E-state index contributed by atoms with van der Waals surface area (Å²) in [5, 5.41) is 5.47. The van der Waals surface area contributed by atoms with E-state index < -0.39 is 0 Å². The summed E-state index contributed by atoms with van der Waals surface area (Å²) in [6, 6.07) is 17.4. The summed E-state index contributed by atoms with van der Waals surface area (Å²) in [7, 11) is 0. The van der Waals surface area contributed by atoms with Gasteiger partial charge in [-0.05, 0) is 34.1 Å². The van der Waals surface area contributed by atoms with Crippen LogP contribution in [0.1, 0.15) is 0 Å². The first-order chi connectivity index (χ1) is 8.86. The first kappa shape index (κ1) is 11.9. The van der Waals surface area contributed by atoms with Gasteiger partial charge in [-0.2, -0.15) is 0 Å². The monoisotopic (exact) mass is 270 g/mol. The average Bonchev–Trinajstić information content (AvgIpc) is 2.44. The van der Waals surface area contributed by atoms with Crippen LogP contribution in [0.2, 0.25) is 0 Å². The largest absolute Gasteiger partial charge is 0.128 e. The zero-order valence-electron chi connectivity index (χ0n) is 10.4. The molecule has 0 N–H and O–H groups in total. The van der Waals surface area contributed by atoms with Crippen molar-refractivity contribution >= 4 is 45.1 Å². The predicted octanol–water partition coefficient (Wildman–Crippen LogP) is 5.44. The van der Waals surface area contributed by atoms with Crippen molar-refractivity contribution in [2.24, 2.45) is 0 Å². The Morgan fingerprint density at radius 2 is 0.833 bits per heavy atom. The fraction of sp³-hybridized carbons (Fsp3) is 0.125. The molecule has 0 bridgehead atoms. The lowest BCUT2D eigenvalue weighted by atomic mass is 10.0. The Morgan fingerprint density at radius 1 is 0.556 bits per heavy atom. The van der Waals surface area contributed by atoms with E-state index in [0.29, 0.717) is 0 Å². The second-order valence-electron chi connectivity index (χ2n) is 4.16. The normalized spacial score (nSPS) is 11.2. The Hall–Kier alpha value is -1.12. The Kier molecular flexibility index (Phi) is 3.23. The highest BCUT2D eigenvalue weighted by Crippen LogP contribution is 2.41. The van der Waals surface area contributed by atoms with Crippen molar-refractivity contribution in [2.75, 3.05) is 12.5 Å². The highest BCUT2D eigenvalue weighted by molar-refractivity contribution is 7.99. The van der Waals surface area contributed by atoms with E-state index in [1.807, 2.05) is 23.5 Å². The number of rotatable bonds is 2. The van der Waals surface area contributed by atoms with Crippen LogP contribution in [0, 0.1) is 0 Å². The Bertz CT molecular complexity index is 598. The van der Waals surface area contributed by atoms with Gasteiger partial charge in [-0.3, -0.25) is 0 Å². The summed E-state index contributed by atoms with van der Waals surface area (Å²) in [4.78, 5) is 2.78. The van der Waals surface area contributed by atoms with Crippen LogP contribution in [0.15, 0.2) is 58.3 Å². The van der Waals surface area contributed by atoms with Gasteiger partial charge in [0.25, 0.3) is 0 Å². The van der Waals surface area contributed by atoms with Gasteiger partial charge >= 0.3 is 0 Å². The van der Waals surface area contributed by atoms with Gasteiger partial charge in [-0.25, -0.2) is 0 Å². The van der Waals surface area contributed by atoms with Crippen LogP contribution in [0.25, 0.3) is 21.5 Å². The third kappa shape index (κ3) is 1.72. The molecule has 0 amide bonds. The van der Waals surface area contributed by atoms with Crippen LogP contribution in [0.3, 0.4) is 0 Å². The van der Waals surface area contributed by atoms with Gasteiger partial charge in [0.2, 0.25) is 0 Å². The number of hydrogen-bond donors (Lipinski definition) is 0. The summed E-state index contributed by atoms with van der Waals surface area (Å²) in [6.07, 6.45) is 4.32. The molecule has 0 saturated carbocycles. The lowest BCUT2D eigenvalue weighted by Crippen LogP contribution is -1.85. The highest BCUT2D eigenvalue weighted by Gasteiger charge is 2.11. The highest BCUT2D eigenvalue weighted by atomic mass is 32.2. The number of thioether (sulfide) groups is 2. The van der Waals surface area contributed by atoms with E-state index >= 15 is 0 Å². The third-order valence-electron chi connectivity index (χ3n) is 3.24. The van der Waals surface area contributed by atoms with Gasteiger partial charge in [0.15, 0.2) is 0 Å². The molecule has 0 aromatic heterocycles. The minimum Gasteiger partial charge on any atom is -0.128 e. The van der Waals surface area contributed by atoms with E-state index in [1.165, 1.54) is 31.3 Å². The molecule has 18 heavy (non-hydrogen) atoms. The lowest BCUT2D eigenvalue weighted by molar-refractivity contribution is 1.54. The smallest absolute Gasteiger partial charge is 0.0227 e. The van der Waals surface area contributed by atoms with Gasteiger partial charge < -0.3 is 0 Å².